The molecule has 142 valence electrons. The van der Waals surface area contributed by atoms with Crippen LogP contribution in [0.3, 0.4) is 0 Å². The molecule has 5 rings (SSSR count). The third-order valence-electron chi connectivity index (χ3n) is 5.25. The highest BCUT2D eigenvalue weighted by molar-refractivity contribution is 6.07. The quantitative estimate of drug-likeness (QED) is 0.699. The number of amides is 1. The summed E-state index contributed by atoms with van der Waals surface area (Å²) in [6.07, 6.45) is 1.58. The summed E-state index contributed by atoms with van der Waals surface area (Å²) in [5.74, 6) is 0.288. The second-order valence-electron chi connectivity index (χ2n) is 6.78. The van der Waals surface area contributed by atoms with Crippen LogP contribution in [0.25, 0.3) is 16.6 Å². The summed E-state index contributed by atoms with van der Waals surface area (Å²) in [7, 11) is 0. The zero-order valence-corrected chi connectivity index (χ0v) is 15.4. The number of hydrogen-bond donors (Lipinski definition) is 2. The highest BCUT2D eigenvalue weighted by Crippen LogP contribution is 2.33. The lowest BCUT2D eigenvalue weighted by atomic mass is 9.94. The van der Waals surface area contributed by atoms with Gasteiger partial charge in [-0.2, -0.15) is 5.10 Å². The number of H-pyrrole nitrogens is 1. The fraction of sp³-hybridized carbons (Fsp3) is 0.389. The van der Waals surface area contributed by atoms with E-state index in [1.54, 1.807) is 11.0 Å². The molecule has 3 aromatic rings. The molecule has 2 saturated heterocycles. The normalized spacial score (nSPS) is 18.1. The minimum absolute atomic E-state index is 0. The molecule has 0 saturated carbocycles. The fourth-order valence-corrected chi connectivity index (χ4v) is 4.01. The molecule has 4 heterocycles. The molecule has 8 nitrogen and oxygen atoms in total. The number of carbonyl (C=O) groups excluding carboxylic acids is 1. The SMILES string of the molecule is Cl.O=C1OCCN1c1cccc2nn3c(C4CCNCC4)cc(=O)[nH]c3c12. The number of rotatable bonds is 2. The Hall–Kier alpha value is -2.58. The Labute approximate surface area is 160 Å². The summed E-state index contributed by atoms with van der Waals surface area (Å²) < 4.78 is 6.92. The molecule has 9 heteroatoms. The molecule has 1 aromatic carbocycles. The van der Waals surface area contributed by atoms with Crippen LogP contribution in [-0.4, -0.2) is 46.9 Å². The number of anilines is 1. The topological polar surface area (TPSA) is 91.7 Å². The number of piperidine rings is 1. The summed E-state index contributed by atoms with van der Waals surface area (Å²) in [5, 5.41) is 8.86. The van der Waals surface area contributed by atoms with E-state index in [9.17, 15) is 9.59 Å². The first-order chi connectivity index (χ1) is 12.7. The predicted molar refractivity (Wildman–Crippen MR) is 104 cm³/mol. The van der Waals surface area contributed by atoms with E-state index in [-0.39, 0.29) is 30.0 Å². The zero-order valence-electron chi connectivity index (χ0n) is 14.6. The van der Waals surface area contributed by atoms with Crippen LogP contribution in [-0.2, 0) is 4.74 Å². The summed E-state index contributed by atoms with van der Waals surface area (Å²) >= 11 is 0. The first-order valence-corrected chi connectivity index (χ1v) is 8.92. The highest BCUT2D eigenvalue weighted by Gasteiger charge is 2.28. The Morgan fingerprint density at radius 3 is 2.74 bits per heavy atom. The van der Waals surface area contributed by atoms with Crippen molar-refractivity contribution in [3.05, 3.63) is 40.3 Å². The van der Waals surface area contributed by atoms with E-state index in [1.165, 1.54) is 0 Å². The maximum absolute atomic E-state index is 12.4. The Morgan fingerprint density at radius 1 is 1.19 bits per heavy atom. The monoisotopic (exact) mass is 389 g/mol. The Morgan fingerprint density at radius 2 is 2.00 bits per heavy atom. The molecule has 2 aliphatic heterocycles. The van der Waals surface area contributed by atoms with Gasteiger partial charge in [-0.1, -0.05) is 6.07 Å². The lowest BCUT2D eigenvalue weighted by Crippen LogP contribution is -2.28. The van der Waals surface area contributed by atoms with Crippen LogP contribution >= 0.6 is 12.4 Å². The number of hydrogen-bond acceptors (Lipinski definition) is 5. The first-order valence-electron chi connectivity index (χ1n) is 8.92. The molecule has 2 fully saturated rings. The van der Waals surface area contributed by atoms with Gasteiger partial charge in [0, 0.05) is 12.0 Å². The number of carbonyl (C=O) groups is 1. The van der Waals surface area contributed by atoms with Crippen LogP contribution in [0, 0.1) is 0 Å². The number of fused-ring (bicyclic) bond motifs is 3. The maximum atomic E-state index is 12.4. The van der Waals surface area contributed by atoms with Crippen LogP contribution < -0.4 is 15.8 Å². The molecule has 0 spiro atoms. The molecular weight excluding hydrogens is 370 g/mol. The summed E-state index contributed by atoms with van der Waals surface area (Å²) in [5.41, 5.74) is 2.89. The molecule has 0 aliphatic carbocycles. The van der Waals surface area contributed by atoms with Crippen molar-refractivity contribution >= 4 is 40.7 Å². The number of cyclic esters (lactones) is 1. The average molecular weight is 390 g/mol. The second-order valence-corrected chi connectivity index (χ2v) is 6.78. The number of nitrogens with one attached hydrogen (secondary N) is 2. The van der Waals surface area contributed by atoms with Crippen LogP contribution in [0.2, 0.25) is 0 Å². The van der Waals surface area contributed by atoms with Crippen LogP contribution in [0.1, 0.15) is 24.5 Å². The third kappa shape index (κ3) is 2.85. The Kier molecular flexibility index (Phi) is 4.53. The van der Waals surface area contributed by atoms with Crippen molar-refractivity contribution in [2.75, 3.05) is 31.1 Å². The summed E-state index contributed by atoms with van der Waals surface area (Å²) in [6, 6.07) is 7.29. The number of ether oxygens (including phenoxy) is 1. The van der Waals surface area contributed by atoms with Crippen molar-refractivity contribution in [2.24, 2.45) is 0 Å². The molecule has 0 radical (unpaired) electrons. The van der Waals surface area contributed by atoms with E-state index < -0.39 is 0 Å². The van der Waals surface area contributed by atoms with Gasteiger partial charge in [0.15, 0.2) is 0 Å². The maximum Gasteiger partial charge on any atom is 0.414 e. The van der Waals surface area contributed by atoms with Crippen molar-refractivity contribution in [2.45, 2.75) is 18.8 Å². The van der Waals surface area contributed by atoms with Crippen LogP contribution in [0.15, 0.2) is 29.1 Å². The van der Waals surface area contributed by atoms with Crippen molar-refractivity contribution in [3.63, 3.8) is 0 Å². The van der Waals surface area contributed by atoms with Crippen LogP contribution in [0.5, 0.6) is 0 Å². The van der Waals surface area contributed by atoms with Crippen molar-refractivity contribution in [3.8, 4) is 0 Å². The van der Waals surface area contributed by atoms with E-state index in [0.29, 0.717) is 18.8 Å². The van der Waals surface area contributed by atoms with Crippen molar-refractivity contribution in [1.29, 1.82) is 0 Å². The van der Waals surface area contributed by atoms with E-state index in [1.807, 2.05) is 22.7 Å². The van der Waals surface area contributed by atoms with Crippen molar-refractivity contribution < 1.29 is 9.53 Å². The van der Waals surface area contributed by atoms with Gasteiger partial charge < -0.3 is 15.0 Å². The molecular formula is C18H20ClN5O3. The van der Waals surface area contributed by atoms with Gasteiger partial charge in [-0.05, 0) is 38.1 Å². The fourth-order valence-electron chi connectivity index (χ4n) is 4.01. The molecule has 2 N–H and O–H groups in total. The largest absolute Gasteiger partial charge is 0.447 e. The predicted octanol–water partition coefficient (Wildman–Crippen LogP) is 2.02. The average Bonchev–Trinajstić information content (AvgIpc) is 3.25. The lowest BCUT2D eigenvalue weighted by molar-refractivity contribution is 0.181. The van der Waals surface area contributed by atoms with Crippen LogP contribution in [0.4, 0.5) is 10.5 Å². The smallest absolute Gasteiger partial charge is 0.414 e. The molecule has 2 aromatic heterocycles. The third-order valence-corrected chi connectivity index (χ3v) is 5.25. The van der Waals surface area contributed by atoms with Gasteiger partial charge >= 0.3 is 6.09 Å². The number of benzene rings is 1. The van der Waals surface area contributed by atoms with Gasteiger partial charge in [0.1, 0.15) is 12.3 Å². The molecule has 0 unspecified atom stereocenters. The summed E-state index contributed by atoms with van der Waals surface area (Å²) in [6.45, 7) is 2.73. The summed E-state index contributed by atoms with van der Waals surface area (Å²) in [4.78, 5) is 28.9. The second kappa shape index (κ2) is 6.86. The lowest BCUT2D eigenvalue weighted by Gasteiger charge is -2.23. The van der Waals surface area contributed by atoms with Gasteiger partial charge in [-0.25, -0.2) is 9.31 Å². The van der Waals surface area contributed by atoms with Gasteiger partial charge in [0.05, 0.1) is 28.8 Å². The highest BCUT2D eigenvalue weighted by atomic mass is 35.5. The molecule has 0 atom stereocenters. The number of nitrogens with zero attached hydrogens (tertiary/aromatic N) is 3. The van der Waals surface area contributed by atoms with Gasteiger partial charge in [0.25, 0.3) is 5.56 Å². The van der Waals surface area contributed by atoms with E-state index in [0.717, 1.165) is 48.2 Å². The Bertz CT molecular complexity index is 1070. The van der Waals surface area contributed by atoms with Gasteiger partial charge in [-0.15, -0.1) is 12.4 Å². The van der Waals surface area contributed by atoms with Crippen molar-refractivity contribution in [1.82, 2.24) is 19.9 Å². The minimum Gasteiger partial charge on any atom is -0.447 e. The number of aromatic amines is 1. The van der Waals surface area contributed by atoms with Gasteiger partial charge in [-0.3, -0.25) is 9.69 Å². The minimum atomic E-state index is -0.367. The number of halogens is 1. The zero-order chi connectivity index (χ0) is 17.7. The van der Waals surface area contributed by atoms with E-state index >= 15 is 0 Å². The molecule has 1 amide bonds. The molecule has 27 heavy (non-hydrogen) atoms. The molecule has 0 bridgehead atoms. The Balaban J connectivity index is 0.00000180. The van der Waals surface area contributed by atoms with E-state index in [4.69, 9.17) is 9.84 Å². The van der Waals surface area contributed by atoms with Gasteiger partial charge in [0.2, 0.25) is 0 Å². The molecule has 2 aliphatic rings. The standard InChI is InChI=1S/C18H19N5O3.ClH/c24-15-10-14(11-4-6-19-7-5-11)23-17(20-15)16-12(21-23)2-1-3-13(16)22-8-9-26-18(22)25;/h1-3,10-11,19H,4-9H2,(H,20,24);1H. The number of aromatic nitrogens is 3. The first kappa shape index (κ1) is 17.8. The van der Waals surface area contributed by atoms with E-state index in [2.05, 4.69) is 10.3 Å².